The molecule has 110 valence electrons. The van der Waals surface area contributed by atoms with Crippen LogP contribution in [0.5, 0.6) is 11.5 Å². The smallest absolute Gasteiger partial charge is 0.180 e. The lowest BCUT2D eigenvalue weighted by Gasteiger charge is -2.11. The molecule has 21 heavy (non-hydrogen) atoms. The Hall–Kier alpha value is -2.15. The van der Waals surface area contributed by atoms with E-state index in [0.29, 0.717) is 0 Å². The summed E-state index contributed by atoms with van der Waals surface area (Å²) in [5, 5.41) is 11.4. The molecule has 0 aliphatic heterocycles. The van der Waals surface area contributed by atoms with E-state index < -0.39 is 11.6 Å². The number of nitrogens with zero attached hydrogens (tertiary/aromatic N) is 1. The van der Waals surface area contributed by atoms with Crippen molar-refractivity contribution in [1.82, 2.24) is 0 Å². The first-order valence-electron chi connectivity index (χ1n) is 5.84. The van der Waals surface area contributed by atoms with Crippen LogP contribution in [-0.4, -0.2) is 11.0 Å². The van der Waals surface area contributed by atoms with Gasteiger partial charge in [0.2, 0.25) is 0 Å². The van der Waals surface area contributed by atoms with Crippen LogP contribution in [0.1, 0.15) is 11.1 Å². The Morgan fingerprint density at radius 2 is 1.95 bits per heavy atom. The highest BCUT2D eigenvalue weighted by atomic mass is 79.9. The van der Waals surface area contributed by atoms with Crippen molar-refractivity contribution in [2.75, 3.05) is 0 Å². The van der Waals surface area contributed by atoms with Crippen LogP contribution in [0.2, 0.25) is 0 Å². The molecule has 2 aromatic carbocycles. The second-order valence-corrected chi connectivity index (χ2v) is 5.05. The van der Waals surface area contributed by atoms with Crippen molar-refractivity contribution in [2.24, 2.45) is 10.9 Å². The van der Waals surface area contributed by atoms with Gasteiger partial charge in [0.15, 0.2) is 29.0 Å². The maximum atomic E-state index is 14.2. The van der Waals surface area contributed by atoms with E-state index in [0.717, 1.165) is 5.56 Å². The third kappa shape index (κ3) is 3.13. The van der Waals surface area contributed by atoms with Gasteiger partial charge in [-0.2, -0.15) is 0 Å². The van der Waals surface area contributed by atoms with Gasteiger partial charge in [0.1, 0.15) is 0 Å². The maximum Gasteiger partial charge on any atom is 0.180 e. The molecule has 0 saturated carbocycles. The van der Waals surface area contributed by atoms with Crippen LogP contribution in [0.3, 0.4) is 0 Å². The number of rotatable bonds is 3. The summed E-state index contributed by atoms with van der Waals surface area (Å²) < 4.78 is 33.0. The first kappa shape index (κ1) is 15.2. The summed E-state index contributed by atoms with van der Waals surface area (Å²) in [4.78, 5) is 0. The zero-order valence-corrected chi connectivity index (χ0v) is 12.5. The molecule has 0 spiro atoms. The molecule has 0 aromatic heterocycles. The third-order valence-corrected chi connectivity index (χ3v) is 3.51. The standard InChI is InChI=1S/C14H11BrF2N2O2/c1-7-2-4-9(16)11(6-7)21-10-5-3-8(14(18)19-20)12(15)13(10)17/h2-6,20H,1H3,(H2,18,19). The van der Waals surface area contributed by atoms with Crippen LogP contribution >= 0.6 is 15.9 Å². The van der Waals surface area contributed by atoms with E-state index in [-0.39, 0.29) is 27.4 Å². The topological polar surface area (TPSA) is 67.8 Å². The predicted molar refractivity (Wildman–Crippen MR) is 77.8 cm³/mol. The molecular formula is C14H11BrF2N2O2. The SMILES string of the molecule is Cc1ccc(F)c(Oc2ccc(/C(N)=N/O)c(Br)c2F)c1. The van der Waals surface area contributed by atoms with Crippen molar-refractivity contribution in [1.29, 1.82) is 0 Å². The normalized spacial score (nSPS) is 11.5. The average Bonchev–Trinajstić information content (AvgIpc) is 2.47. The van der Waals surface area contributed by atoms with Gasteiger partial charge in [-0.1, -0.05) is 11.2 Å². The molecular weight excluding hydrogens is 346 g/mol. The molecule has 3 N–H and O–H groups in total. The highest BCUT2D eigenvalue weighted by Crippen LogP contribution is 2.33. The number of hydrogen-bond donors (Lipinski definition) is 2. The summed E-state index contributed by atoms with van der Waals surface area (Å²) in [6.07, 6.45) is 0. The first-order chi connectivity index (χ1) is 9.93. The van der Waals surface area contributed by atoms with E-state index in [9.17, 15) is 8.78 Å². The predicted octanol–water partition coefficient (Wildman–Crippen LogP) is 3.92. The lowest BCUT2D eigenvalue weighted by atomic mass is 10.2. The molecule has 0 aliphatic rings. The van der Waals surface area contributed by atoms with E-state index in [4.69, 9.17) is 15.7 Å². The van der Waals surface area contributed by atoms with Crippen molar-refractivity contribution in [2.45, 2.75) is 6.92 Å². The summed E-state index contributed by atoms with van der Waals surface area (Å²) in [6.45, 7) is 1.76. The summed E-state index contributed by atoms with van der Waals surface area (Å²) in [6, 6.07) is 6.94. The summed E-state index contributed by atoms with van der Waals surface area (Å²) in [5.41, 5.74) is 6.35. The monoisotopic (exact) mass is 356 g/mol. The van der Waals surface area contributed by atoms with Gasteiger partial charge < -0.3 is 15.7 Å². The molecule has 7 heteroatoms. The number of benzene rings is 2. The fourth-order valence-corrected chi connectivity index (χ4v) is 2.20. The molecule has 0 unspecified atom stereocenters. The van der Waals surface area contributed by atoms with Crippen molar-refractivity contribution in [3.8, 4) is 11.5 Å². The van der Waals surface area contributed by atoms with Crippen LogP contribution in [0.4, 0.5) is 8.78 Å². The minimum atomic E-state index is -0.778. The summed E-state index contributed by atoms with van der Waals surface area (Å²) in [5.74, 6) is -1.90. The Bertz CT molecular complexity index is 720. The molecule has 0 atom stereocenters. The molecule has 0 fully saturated rings. The minimum Gasteiger partial charge on any atom is -0.451 e. The van der Waals surface area contributed by atoms with E-state index >= 15 is 0 Å². The quantitative estimate of drug-likeness (QED) is 0.379. The number of ether oxygens (including phenoxy) is 1. The molecule has 0 radical (unpaired) electrons. The van der Waals surface area contributed by atoms with Crippen LogP contribution in [0.25, 0.3) is 0 Å². The number of hydrogen-bond acceptors (Lipinski definition) is 3. The molecule has 2 rings (SSSR count). The van der Waals surface area contributed by atoms with Gasteiger partial charge in [0.25, 0.3) is 0 Å². The van der Waals surface area contributed by atoms with Gasteiger partial charge in [0, 0.05) is 5.56 Å². The Labute approximate surface area is 128 Å². The molecule has 0 bridgehead atoms. The Morgan fingerprint density at radius 1 is 1.24 bits per heavy atom. The third-order valence-electron chi connectivity index (χ3n) is 2.74. The van der Waals surface area contributed by atoms with Crippen LogP contribution in [0, 0.1) is 18.6 Å². The van der Waals surface area contributed by atoms with Crippen molar-refractivity contribution >= 4 is 21.8 Å². The van der Waals surface area contributed by atoms with Crippen LogP contribution < -0.4 is 10.5 Å². The molecule has 0 amide bonds. The van der Waals surface area contributed by atoms with E-state index in [1.165, 1.54) is 24.3 Å². The van der Waals surface area contributed by atoms with Crippen LogP contribution in [-0.2, 0) is 0 Å². The largest absolute Gasteiger partial charge is 0.451 e. The second-order valence-electron chi connectivity index (χ2n) is 4.26. The highest BCUT2D eigenvalue weighted by Gasteiger charge is 2.16. The first-order valence-corrected chi connectivity index (χ1v) is 6.63. The fraction of sp³-hybridized carbons (Fsp3) is 0.0714. The summed E-state index contributed by atoms with van der Waals surface area (Å²) in [7, 11) is 0. The number of aryl methyl sites for hydroxylation is 1. The molecule has 0 aliphatic carbocycles. The van der Waals surface area contributed by atoms with Crippen LogP contribution in [0.15, 0.2) is 40.0 Å². The van der Waals surface area contributed by atoms with Gasteiger partial charge in [-0.25, -0.2) is 8.78 Å². The minimum absolute atomic E-state index is 0.0386. The van der Waals surface area contributed by atoms with E-state index in [1.807, 2.05) is 0 Å². The number of amidine groups is 1. The highest BCUT2D eigenvalue weighted by molar-refractivity contribution is 9.10. The lowest BCUT2D eigenvalue weighted by molar-refractivity contribution is 0.318. The van der Waals surface area contributed by atoms with E-state index in [1.54, 1.807) is 13.0 Å². The Kier molecular flexibility index (Phi) is 4.42. The lowest BCUT2D eigenvalue weighted by Crippen LogP contribution is -2.14. The summed E-state index contributed by atoms with van der Waals surface area (Å²) >= 11 is 3.00. The van der Waals surface area contributed by atoms with E-state index in [2.05, 4.69) is 21.1 Å². The zero-order chi connectivity index (χ0) is 15.6. The van der Waals surface area contributed by atoms with Crippen molar-refractivity contribution < 1.29 is 18.7 Å². The Balaban J connectivity index is 2.42. The maximum absolute atomic E-state index is 14.2. The fourth-order valence-electron chi connectivity index (χ4n) is 1.67. The molecule has 0 saturated heterocycles. The molecule has 4 nitrogen and oxygen atoms in total. The Morgan fingerprint density at radius 3 is 2.62 bits per heavy atom. The van der Waals surface area contributed by atoms with Gasteiger partial charge in [-0.3, -0.25) is 0 Å². The average molecular weight is 357 g/mol. The van der Waals surface area contributed by atoms with Gasteiger partial charge in [-0.15, -0.1) is 0 Å². The number of nitrogens with two attached hydrogens (primary N) is 1. The molecule has 0 heterocycles. The zero-order valence-electron chi connectivity index (χ0n) is 10.9. The van der Waals surface area contributed by atoms with Crippen molar-refractivity contribution in [3.05, 3.63) is 57.6 Å². The van der Waals surface area contributed by atoms with Gasteiger partial charge in [-0.05, 0) is 52.7 Å². The van der Waals surface area contributed by atoms with Crippen molar-refractivity contribution in [3.63, 3.8) is 0 Å². The second kappa shape index (κ2) is 6.09. The number of oxime groups is 1. The van der Waals surface area contributed by atoms with Gasteiger partial charge >= 0.3 is 0 Å². The number of halogens is 3. The molecule has 2 aromatic rings. The van der Waals surface area contributed by atoms with Gasteiger partial charge in [0.05, 0.1) is 4.47 Å².